The van der Waals surface area contributed by atoms with Crippen molar-refractivity contribution < 1.29 is 17.0 Å². The lowest BCUT2D eigenvalue weighted by Crippen LogP contribution is -2.10. The van der Waals surface area contributed by atoms with E-state index in [0.29, 0.717) is 17.0 Å². The summed E-state index contributed by atoms with van der Waals surface area (Å²) in [5.74, 6) is -0.392. The van der Waals surface area contributed by atoms with Gasteiger partial charge in [0.2, 0.25) is 0 Å². The van der Waals surface area contributed by atoms with Gasteiger partial charge in [0.1, 0.15) is 10.6 Å². The molecule has 3 aromatic rings. The molecule has 0 aliphatic rings. The van der Waals surface area contributed by atoms with Gasteiger partial charge in [-0.25, -0.2) is 4.79 Å². The number of aryl methyl sites for hydroxylation is 2. The minimum atomic E-state index is -4.06. The molecule has 0 atom stereocenters. The third kappa shape index (κ3) is 2.92. The molecule has 6 nitrogen and oxygen atoms in total. The number of halogens is 1. The zero-order valence-electron chi connectivity index (χ0n) is 12.9. The fraction of sp³-hybridized carbons (Fsp3) is 0.188. The van der Waals surface area contributed by atoms with E-state index in [4.69, 9.17) is 20.2 Å². The summed E-state index contributed by atoms with van der Waals surface area (Å²) >= 11 is 6.02. The number of rotatable bonds is 4. The standard InChI is InChI=1S/C16H14ClNO5S/c1-3-10-8-11(4-6-13(10)17)23-24(20,21)12-5-7-14-15(9-12)22-16(19)18(14)2/h4-9H,3H2,1-2H3. The SMILES string of the molecule is CCc1cc(OS(=O)(=O)c2ccc3c(c2)oc(=O)n3C)ccc1Cl. The topological polar surface area (TPSA) is 78.5 Å². The van der Waals surface area contributed by atoms with E-state index >= 15 is 0 Å². The highest BCUT2D eigenvalue weighted by molar-refractivity contribution is 7.87. The molecule has 0 saturated heterocycles. The molecule has 0 aliphatic heterocycles. The number of oxazole rings is 1. The Balaban J connectivity index is 2.00. The predicted molar refractivity (Wildman–Crippen MR) is 90.1 cm³/mol. The summed E-state index contributed by atoms with van der Waals surface area (Å²) in [5, 5.41) is 0.551. The molecular weight excluding hydrogens is 354 g/mol. The molecule has 2 aromatic carbocycles. The van der Waals surface area contributed by atoms with Crippen LogP contribution in [0.4, 0.5) is 0 Å². The first kappa shape index (κ1) is 16.6. The van der Waals surface area contributed by atoms with Crippen LogP contribution in [0.1, 0.15) is 12.5 Å². The number of benzene rings is 2. The van der Waals surface area contributed by atoms with E-state index in [1.165, 1.54) is 28.8 Å². The van der Waals surface area contributed by atoms with E-state index in [9.17, 15) is 13.2 Å². The van der Waals surface area contributed by atoms with Gasteiger partial charge >= 0.3 is 15.9 Å². The van der Waals surface area contributed by atoms with Crippen molar-refractivity contribution in [2.45, 2.75) is 18.2 Å². The van der Waals surface area contributed by atoms with Gasteiger partial charge in [0.15, 0.2) is 5.58 Å². The van der Waals surface area contributed by atoms with Gasteiger partial charge in [-0.2, -0.15) is 8.42 Å². The second kappa shape index (κ2) is 5.99. The molecule has 0 fully saturated rings. The van der Waals surface area contributed by atoms with Crippen molar-refractivity contribution in [3.63, 3.8) is 0 Å². The molecule has 0 radical (unpaired) electrons. The molecule has 0 aliphatic carbocycles. The molecule has 1 heterocycles. The van der Waals surface area contributed by atoms with Crippen LogP contribution in [0.15, 0.2) is 50.5 Å². The van der Waals surface area contributed by atoms with Gasteiger partial charge in [0, 0.05) is 18.1 Å². The van der Waals surface area contributed by atoms with E-state index < -0.39 is 15.9 Å². The molecule has 3 rings (SSSR count). The number of nitrogens with zero attached hydrogens (tertiary/aromatic N) is 1. The minimum absolute atomic E-state index is 0.0997. The lowest BCUT2D eigenvalue weighted by atomic mass is 10.2. The lowest BCUT2D eigenvalue weighted by Gasteiger charge is -2.09. The monoisotopic (exact) mass is 367 g/mol. The normalized spacial score (nSPS) is 11.8. The number of hydrogen-bond acceptors (Lipinski definition) is 5. The average molecular weight is 368 g/mol. The molecule has 0 N–H and O–H groups in total. The maximum absolute atomic E-state index is 12.4. The van der Waals surface area contributed by atoms with Gasteiger partial charge in [-0.15, -0.1) is 0 Å². The molecule has 0 unspecified atom stereocenters. The maximum atomic E-state index is 12.4. The Bertz CT molecular complexity index is 1080. The van der Waals surface area contributed by atoms with Crippen molar-refractivity contribution in [3.05, 3.63) is 57.5 Å². The Morgan fingerprint density at radius 2 is 1.96 bits per heavy atom. The van der Waals surface area contributed by atoms with Crippen LogP contribution in [-0.2, 0) is 23.6 Å². The molecule has 0 saturated carbocycles. The Morgan fingerprint density at radius 1 is 1.21 bits per heavy atom. The number of hydrogen-bond donors (Lipinski definition) is 0. The molecule has 1 aromatic heterocycles. The second-order valence-corrected chi connectivity index (χ2v) is 7.15. The zero-order valence-corrected chi connectivity index (χ0v) is 14.5. The maximum Gasteiger partial charge on any atom is 0.419 e. The Kier molecular flexibility index (Phi) is 4.15. The fourth-order valence-electron chi connectivity index (χ4n) is 2.32. The van der Waals surface area contributed by atoms with E-state index in [1.807, 2.05) is 6.92 Å². The summed E-state index contributed by atoms with van der Waals surface area (Å²) in [7, 11) is -2.52. The van der Waals surface area contributed by atoms with E-state index in [-0.39, 0.29) is 16.2 Å². The zero-order chi connectivity index (χ0) is 17.5. The van der Waals surface area contributed by atoms with Gasteiger partial charge in [-0.3, -0.25) is 4.57 Å². The van der Waals surface area contributed by atoms with Gasteiger partial charge in [-0.1, -0.05) is 18.5 Å². The molecule has 0 spiro atoms. The van der Waals surface area contributed by atoms with Gasteiger partial charge in [0.05, 0.1) is 5.52 Å². The first-order valence-electron chi connectivity index (χ1n) is 7.14. The van der Waals surface area contributed by atoms with Crippen LogP contribution in [0.3, 0.4) is 0 Å². The van der Waals surface area contributed by atoms with E-state index in [2.05, 4.69) is 0 Å². The number of fused-ring (bicyclic) bond motifs is 1. The molecule has 24 heavy (non-hydrogen) atoms. The summed E-state index contributed by atoms with van der Waals surface area (Å²) in [6.07, 6.45) is 0.650. The van der Waals surface area contributed by atoms with Crippen molar-refractivity contribution in [3.8, 4) is 5.75 Å². The molecule has 8 heteroatoms. The second-order valence-electron chi connectivity index (χ2n) is 5.20. The summed E-state index contributed by atoms with van der Waals surface area (Å²) in [6, 6.07) is 8.79. The lowest BCUT2D eigenvalue weighted by molar-refractivity contribution is 0.485. The van der Waals surface area contributed by atoms with Crippen molar-refractivity contribution in [2.75, 3.05) is 0 Å². The first-order chi connectivity index (χ1) is 11.3. The average Bonchev–Trinajstić information content (AvgIpc) is 2.83. The quantitative estimate of drug-likeness (QED) is 0.662. The smallest absolute Gasteiger partial charge is 0.408 e. The van der Waals surface area contributed by atoms with Crippen molar-refractivity contribution in [1.82, 2.24) is 4.57 Å². The van der Waals surface area contributed by atoms with Crippen LogP contribution in [0.5, 0.6) is 5.75 Å². The van der Waals surface area contributed by atoms with Gasteiger partial charge in [-0.05, 0) is 42.3 Å². The van der Waals surface area contributed by atoms with Crippen LogP contribution in [0, 0.1) is 0 Å². The van der Waals surface area contributed by atoms with Crippen LogP contribution in [0.2, 0.25) is 5.02 Å². The summed E-state index contributed by atoms with van der Waals surface area (Å²) < 4.78 is 36.3. The first-order valence-corrected chi connectivity index (χ1v) is 8.93. The van der Waals surface area contributed by atoms with Crippen molar-refractivity contribution in [1.29, 1.82) is 0 Å². The molecule has 0 bridgehead atoms. The highest BCUT2D eigenvalue weighted by Crippen LogP contribution is 2.26. The van der Waals surface area contributed by atoms with Crippen LogP contribution in [0.25, 0.3) is 11.1 Å². The third-order valence-corrected chi connectivity index (χ3v) is 5.27. The fourth-order valence-corrected chi connectivity index (χ4v) is 3.51. The van der Waals surface area contributed by atoms with Crippen molar-refractivity contribution in [2.24, 2.45) is 7.05 Å². The Hall–Kier alpha value is -2.25. The predicted octanol–water partition coefficient (Wildman–Crippen LogP) is 3.12. The van der Waals surface area contributed by atoms with Crippen LogP contribution >= 0.6 is 11.6 Å². The minimum Gasteiger partial charge on any atom is -0.408 e. The summed E-state index contributed by atoms with van der Waals surface area (Å²) in [5.41, 5.74) is 1.46. The summed E-state index contributed by atoms with van der Waals surface area (Å²) in [6.45, 7) is 1.91. The van der Waals surface area contributed by atoms with Gasteiger partial charge < -0.3 is 8.60 Å². The summed E-state index contributed by atoms with van der Waals surface area (Å²) in [4.78, 5) is 11.4. The molecule has 0 amide bonds. The van der Waals surface area contributed by atoms with E-state index in [0.717, 1.165) is 5.56 Å². The van der Waals surface area contributed by atoms with E-state index in [1.54, 1.807) is 19.2 Å². The van der Waals surface area contributed by atoms with Crippen molar-refractivity contribution >= 4 is 32.8 Å². The van der Waals surface area contributed by atoms with Crippen LogP contribution in [-0.4, -0.2) is 13.0 Å². The Morgan fingerprint density at radius 3 is 2.67 bits per heavy atom. The molecule has 126 valence electrons. The van der Waals surface area contributed by atoms with Gasteiger partial charge in [0.25, 0.3) is 0 Å². The van der Waals surface area contributed by atoms with Crippen LogP contribution < -0.4 is 9.94 Å². The highest BCUT2D eigenvalue weighted by Gasteiger charge is 2.19. The third-order valence-electron chi connectivity index (χ3n) is 3.66. The molecular formula is C16H14ClNO5S. The largest absolute Gasteiger partial charge is 0.419 e. The number of aromatic nitrogens is 1. The highest BCUT2D eigenvalue weighted by atomic mass is 35.5. The Labute approximate surface area is 143 Å².